The van der Waals surface area contributed by atoms with Gasteiger partial charge in [-0.1, -0.05) is 114 Å². The molecule has 0 unspecified atom stereocenters. The third kappa shape index (κ3) is 12.3. The van der Waals surface area contributed by atoms with Crippen molar-refractivity contribution in [3.05, 3.63) is 203 Å². The molecule has 0 saturated carbocycles. The van der Waals surface area contributed by atoms with E-state index in [1.165, 1.54) is 54.9 Å². The first-order valence-corrected chi connectivity index (χ1v) is 29.9. The maximum absolute atomic E-state index is 6.34. The Morgan fingerprint density at radius 1 is 0.452 bits per heavy atom. The van der Waals surface area contributed by atoms with Crippen LogP contribution in [0.4, 0.5) is 0 Å². The molecule has 0 atom stereocenters. The third-order valence-corrected chi connectivity index (χ3v) is 16.4. The van der Waals surface area contributed by atoms with Crippen LogP contribution in [0.15, 0.2) is 170 Å². The first kappa shape index (κ1) is 49.1. The van der Waals surface area contributed by atoms with Gasteiger partial charge in [0, 0.05) is 0 Å². The maximum Gasteiger partial charge on any atom is -0.172 e. The van der Waals surface area contributed by atoms with E-state index in [0.29, 0.717) is 11.1 Å². The minimum absolute atomic E-state index is 0.0554. The smallest absolute Gasteiger partial charge is 0.172 e. The van der Waals surface area contributed by atoms with Crippen LogP contribution in [0.1, 0.15) is 74.9 Å². The monoisotopic (exact) mass is 1050 g/mol. The summed E-state index contributed by atoms with van der Waals surface area (Å²) in [5, 5.41) is 5.36. The average molecular weight is 1060 g/mol. The second-order valence-corrected chi connectivity index (χ2v) is 29.8. The topological polar surface area (TPSA) is 0 Å². The van der Waals surface area contributed by atoms with E-state index in [0.717, 1.165) is 14.3 Å². The van der Waals surface area contributed by atoms with E-state index >= 15 is 0 Å². The number of rotatable bonds is 4. The van der Waals surface area contributed by atoms with Crippen molar-refractivity contribution in [1.82, 2.24) is 0 Å². The summed E-state index contributed by atoms with van der Waals surface area (Å²) >= 11 is 32.5. The van der Waals surface area contributed by atoms with Gasteiger partial charge in [0.05, 0.1) is 0 Å². The molecule has 0 aliphatic rings. The van der Waals surface area contributed by atoms with Crippen molar-refractivity contribution < 1.29 is 18.9 Å². The van der Waals surface area contributed by atoms with Crippen molar-refractivity contribution >= 4 is 111 Å². The molecule has 0 saturated heterocycles. The molecular formula is C53H46Cl8Zr-2. The summed E-state index contributed by atoms with van der Waals surface area (Å²) in [6.07, 6.45) is 0. The molecule has 8 aromatic rings. The predicted molar refractivity (Wildman–Crippen MR) is 274 cm³/mol. The van der Waals surface area contributed by atoms with Crippen LogP contribution in [-0.2, 0) is 37.3 Å². The summed E-state index contributed by atoms with van der Waals surface area (Å²) in [7, 11) is 12.7. The fraction of sp³-hybridized carbons (Fsp3) is 0.189. The molecule has 9 heteroatoms. The Morgan fingerprint density at radius 3 is 1.08 bits per heavy atom. The van der Waals surface area contributed by atoms with Gasteiger partial charge in [-0.05, 0) is 44.2 Å². The van der Waals surface area contributed by atoms with E-state index in [4.69, 9.17) is 86.6 Å². The van der Waals surface area contributed by atoms with Crippen LogP contribution in [0.25, 0.3) is 43.8 Å². The van der Waals surface area contributed by atoms with Crippen molar-refractivity contribution in [3.8, 4) is 22.3 Å². The molecule has 0 aromatic heterocycles. The number of fused-ring (bicyclic) bond motifs is 3. The van der Waals surface area contributed by atoms with Crippen LogP contribution in [0.2, 0.25) is 0 Å². The zero-order valence-electron chi connectivity index (χ0n) is 35.2. The van der Waals surface area contributed by atoms with E-state index in [2.05, 4.69) is 133 Å². The minimum atomic E-state index is -2.79. The molecule has 0 N–H and O–H groups in total. The van der Waals surface area contributed by atoms with Crippen molar-refractivity contribution in [2.75, 3.05) is 0 Å². The maximum atomic E-state index is 6.34. The molecule has 0 amide bonds. The Bertz CT molecular complexity index is 2550. The van der Waals surface area contributed by atoms with Crippen molar-refractivity contribution in [2.24, 2.45) is 0 Å². The fourth-order valence-corrected chi connectivity index (χ4v) is 12.6. The van der Waals surface area contributed by atoms with Crippen molar-refractivity contribution in [1.29, 1.82) is 0 Å². The van der Waals surface area contributed by atoms with Gasteiger partial charge in [-0.3, -0.25) is 0 Å². The predicted octanol–water partition coefficient (Wildman–Crippen LogP) is 18.9. The van der Waals surface area contributed by atoms with Crippen LogP contribution in [0, 0.1) is 0 Å². The largest absolute Gasteiger partial charge is 0.214 e. The molecule has 0 radical (unpaired) electrons. The molecule has 0 aliphatic carbocycles. The van der Waals surface area contributed by atoms with Gasteiger partial charge in [-0.25, -0.2) is 12.1 Å². The molecule has 0 aliphatic heterocycles. The molecule has 62 heavy (non-hydrogen) atoms. The fourth-order valence-electron chi connectivity index (χ4n) is 7.42. The second kappa shape index (κ2) is 20.4. The van der Waals surface area contributed by atoms with Crippen molar-refractivity contribution in [3.63, 3.8) is 0 Å². The van der Waals surface area contributed by atoms with Gasteiger partial charge in [-0.2, -0.15) is 18.2 Å². The Hall–Kier alpha value is -2.39. The second-order valence-electron chi connectivity index (χ2n) is 17.1. The zero-order valence-corrected chi connectivity index (χ0v) is 43.7. The zero-order chi connectivity index (χ0) is 45.0. The standard InChI is InChI=1S/C33H33.C15H8Cl6.C5H5.2ClH.Zr/c1-32(2,3)30-20-26-24(18-28(30)22-13-9-7-10-14-22)17-25-19-29(23-15-11-8-12-16-23)31(21-27(25)26)33(4,5)6;16-14(17,18)12-5-1-10(2-6-12)9-11-3-7-13(8-4-11)15(19,20)21;1-2-4-5-3-1;;;/h7-21H,1-6H3;1-8H;1-5H;2*1H;/q-1;;-1;;;+2/p-2. The van der Waals surface area contributed by atoms with E-state index < -0.39 is 26.5 Å². The van der Waals surface area contributed by atoms with E-state index in [1.54, 1.807) is 24.3 Å². The normalized spacial score (nSPS) is 12.0. The quantitative estimate of drug-likeness (QED) is 0.122. The molecule has 0 fully saturated rings. The first-order valence-electron chi connectivity index (χ1n) is 20.0. The third-order valence-electron chi connectivity index (χ3n) is 10.5. The van der Waals surface area contributed by atoms with Gasteiger partial charge in [0.2, 0.25) is 0 Å². The number of hydrogen-bond donors (Lipinski definition) is 0. The van der Waals surface area contributed by atoms with Crippen LogP contribution in [0.5, 0.6) is 0 Å². The van der Waals surface area contributed by atoms with Crippen LogP contribution in [-0.4, -0.2) is 3.21 Å². The molecule has 0 nitrogen and oxygen atoms in total. The number of hydrogen-bond acceptors (Lipinski definition) is 0. The van der Waals surface area contributed by atoms with Gasteiger partial charge >= 0.3 is 187 Å². The van der Waals surface area contributed by atoms with Gasteiger partial charge in [-0.15, -0.1) is 39.7 Å². The number of benzene rings is 6. The van der Waals surface area contributed by atoms with Gasteiger partial charge in [0.25, 0.3) is 0 Å². The molecule has 0 spiro atoms. The summed E-state index contributed by atoms with van der Waals surface area (Å²) in [6.45, 7) is 13.9. The summed E-state index contributed by atoms with van der Waals surface area (Å²) in [6, 6.07) is 58.0. The number of alkyl halides is 6. The molecule has 0 heterocycles. The van der Waals surface area contributed by atoms with E-state index in [-0.39, 0.29) is 10.8 Å². The summed E-state index contributed by atoms with van der Waals surface area (Å²) < 4.78 is -2.06. The van der Waals surface area contributed by atoms with E-state index in [1.807, 2.05) is 54.6 Å². The number of halogens is 8. The van der Waals surface area contributed by atoms with E-state index in [9.17, 15) is 0 Å². The van der Waals surface area contributed by atoms with Crippen LogP contribution >= 0.6 is 86.6 Å². The minimum Gasteiger partial charge on any atom is -0.214 e. The summed E-state index contributed by atoms with van der Waals surface area (Å²) in [5.41, 5.74) is 11.1. The molecular weight excluding hydrogens is 1010 g/mol. The SMILES string of the molecule is CC(C)(C)c1cc2c(cc1-c1ccccc1)[cH-]c1cc(-c3ccccc3)c(C(C)(C)C)cc12.[Cl][Zr]([Cl])=[C](c1ccc(C(Cl)(Cl)Cl)cc1)c1ccc(C(Cl)(Cl)Cl)cc1.c1cc[cH-]c1. The summed E-state index contributed by atoms with van der Waals surface area (Å²) in [4.78, 5) is 0. The Morgan fingerprint density at radius 2 is 0.806 bits per heavy atom. The molecule has 320 valence electrons. The Kier molecular flexibility index (Phi) is 16.2. The van der Waals surface area contributed by atoms with Crippen LogP contribution in [0.3, 0.4) is 0 Å². The van der Waals surface area contributed by atoms with Crippen molar-refractivity contribution in [2.45, 2.75) is 60.0 Å². The molecule has 8 rings (SSSR count). The average Bonchev–Trinajstić information content (AvgIpc) is 3.92. The first-order chi connectivity index (χ1) is 29.1. The van der Waals surface area contributed by atoms with Gasteiger partial charge < -0.3 is 0 Å². The Balaban J connectivity index is 0.000000193. The summed E-state index contributed by atoms with van der Waals surface area (Å²) in [5.74, 6) is 0. The molecule has 0 bridgehead atoms. The van der Waals surface area contributed by atoms with Gasteiger partial charge in [0.15, 0.2) is 0 Å². The van der Waals surface area contributed by atoms with Crippen LogP contribution < -0.4 is 0 Å². The van der Waals surface area contributed by atoms with Gasteiger partial charge in [0.1, 0.15) is 0 Å². The molecule has 8 aromatic carbocycles. The Labute approximate surface area is 411 Å².